The molecule has 18 heavy (non-hydrogen) atoms. The van der Waals surface area contributed by atoms with Crippen LogP contribution in [0.1, 0.15) is 35.3 Å². The zero-order valence-electron chi connectivity index (χ0n) is 11.6. The third-order valence-electron chi connectivity index (χ3n) is 3.18. The molecule has 1 aliphatic rings. The summed E-state index contributed by atoms with van der Waals surface area (Å²) in [4.78, 5) is 14.4. The number of rotatable bonds is 1. The summed E-state index contributed by atoms with van der Waals surface area (Å²) >= 11 is 0. The second kappa shape index (κ2) is 5.11. The molecule has 3 nitrogen and oxygen atoms in total. The molecule has 1 saturated heterocycles. The average Bonchev–Trinajstić information content (AvgIpc) is 2.25. The van der Waals surface area contributed by atoms with Crippen molar-refractivity contribution in [2.45, 2.75) is 39.9 Å². The van der Waals surface area contributed by atoms with Crippen molar-refractivity contribution in [2.75, 3.05) is 13.1 Å². The molecule has 0 radical (unpaired) electrons. The highest BCUT2D eigenvalue weighted by Gasteiger charge is 2.26. The Morgan fingerprint density at radius 2 is 1.61 bits per heavy atom. The second-order valence-electron chi connectivity index (χ2n) is 5.34. The number of amides is 1. The van der Waals surface area contributed by atoms with Crippen LogP contribution in [0, 0.1) is 13.8 Å². The van der Waals surface area contributed by atoms with Gasteiger partial charge in [-0.05, 0) is 39.8 Å². The SMILES string of the molecule is Cc1cc(C)cc(C(=O)N2C[C@@H](C)O[C@@H](C)C2)c1. The molecule has 1 fully saturated rings. The van der Waals surface area contributed by atoms with E-state index < -0.39 is 0 Å². The van der Waals surface area contributed by atoms with Crippen LogP contribution in [-0.2, 0) is 4.74 Å². The first kappa shape index (κ1) is 13.1. The molecule has 0 N–H and O–H groups in total. The molecular formula is C15H21NO2. The van der Waals surface area contributed by atoms with Crippen LogP contribution in [0.4, 0.5) is 0 Å². The monoisotopic (exact) mass is 247 g/mol. The van der Waals surface area contributed by atoms with Gasteiger partial charge in [-0.25, -0.2) is 0 Å². The minimum Gasteiger partial charge on any atom is -0.372 e. The number of benzene rings is 1. The van der Waals surface area contributed by atoms with Gasteiger partial charge in [0.2, 0.25) is 0 Å². The molecule has 1 aromatic carbocycles. The van der Waals surface area contributed by atoms with Crippen molar-refractivity contribution < 1.29 is 9.53 Å². The fraction of sp³-hybridized carbons (Fsp3) is 0.533. The summed E-state index contributed by atoms with van der Waals surface area (Å²) in [6.07, 6.45) is 0.229. The topological polar surface area (TPSA) is 29.5 Å². The maximum absolute atomic E-state index is 12.5. The van der Waals surface area contributed by atoms with Crippen molar-refractivity contribution >= 4 is 5.91 Å². The summed E-state index contributed by atoms with van der Waals surface area (Å²) in [5.41, 5.74) is 3.05. The molecule has 1 heterocycles. The number of aryl methyl sites for hydroxylation is 2. The number of nitrogens with zero attached hydrogens (tertiary/aromatic N) is 1. The van der Waals surface area contributed by atoms with Gasteiger partial charge in [-0.3, -0.25) is 4.79 Å². The van der Waals surface area contributed by atoms with Gasteiger partial charge in [-0.2, -0.15) is 0 Å². The quantitative estimate of drug-likeness (QED) is 0.763. The van der Waals surface area contributed by atoms with E-state index in [-0.39, 0.29) is 18.1 Å². The number of carbonyl (C=O) groups is 1. The molecule has 0 aliphatic carbocycles. The van der Waals surface area contributed by atoms with Gasteiger partial charge in [-0.15, -0.1) is 0 Å². The molecule has 2 atom stereocenters. The highest BCUT2D eigenvalue weighted by molar-refractivity contribution is 5.94. The Bertz CT molecular complexity index is 426. The van der Waals surface area contributed by atoms with Gasteiger partial charge >= 0.3 is 0 Å². The Morgan fingerprint density at radius 1 is 1.11 bits per heavy atom. The molecule has 2 rings (SSSR count). The Hall–Kier alpha value is -1.35. The van der Waals surface area contributed by atoms with E-state index in [1.165, 1.54) is 0 Å². The van der Waals surface area contributed by atoms with Gasteiger partial charge in [0.25, 0.3) is 5.91 Å². The van der Waals surface area contributed by atoms with Gasteiger partial charge in [0, 0.05) is 18.7 Å². The van der Waals surface area contributed by atoms with Crippen LogP contribution in [0.3, 0.4) is 0 Å². The molecule has 1 aliphatic heterocycles. The summed E-state index contributed by atoms with van der Waals surface area (Å²) in [6, 6.07) is 6.00. The number of hydrogen-bond acceptors (Lipinski definition) is 2. The molecule has 3 heteroatoms. The molecule has 0 aromatic heterocycles. The maximum Gasteiger partial charge on any atom is 0.254 e. The van der Waals surface area contributed by atoms with Crippen molar-refractivity contribution in [1.29, 1.82) is 0 Å². The lowest BCUT2D eigenvalue weighted by atomic mass is 10.1. The van der Waals surface area contributed by atoms with E-state index >= 15 is 0 Å². The first-order chi connectivity index (χ1) is 8.45. The smallest absolute Gasteiger partial charge is 0.254 e. The van der Waals surface area contributed by atoms with Crippen molar-refractivity contribution in [3.05, 3.63) is 34.9 Å². The summed E-state index contributed by atoms with van der Waals surface area (Å²) in [5, 5.41) is 0. The Labute approximate surface area is 109 Å². The van der Waals surface area contributed by atoms with E-state index in [0.29, 0.717) is 13.1 Å². The maximum atomic E-state index is 12.5. The van der Waals surface area contributed by atoms with Gasteiger partial charge in [-0.1, -0.05) is 17.2 Å². The van der Waals surface area contributed by atoms with E-state index in [9.17, 15) is 4.79 Å². The van der Waals surface area contributed by atoms with Crippen LogP contribution in [0.15, 0.2) is 18.2 Å². The lowest BCUT2D eigenvalue weighted by Gasteiger charge is -2.35. The third-order valence-corrected chi connectivity index (χ3v) is 3.18. The lowest BCUT2D eigenvalue weighted by Crippen LogP contribution is -2.48. The van der Waals surface area contributed by atoms with Crippen LogP contribution in [-0.4, -0.2) is 36.1 Å². The zero-order valence-corrected chi connectivity index (χ0v) is 11.6. The molecule has 0 bridgehead atoms. The van der Waals surface area contributed by atoms with E-state index in [4.69, 9.17) is 4.74 Å². The number of hydrogen-bond donors (Lipinski definition) is 0. The first-order valence-corrected chi connectivity index (χ1v) is 6.48. The first-order valence-electron chi connectivity index (χ1n) is 6.48. The molecule has 0 saturated carbocycles. The van der Waals surface area contributed by atoms with Crippen molar-refractivity contribution in [1.82, 2.24) is 4.90 Å². The predicted octanol–water partition coefficient (Wildman–Crippen LogP) is 2.55. The fourth-order valence-corrected chi connectivity index (χ4v) is 2.62. The minimum atomic E-state index is 0.114. The summed E-state index contributed by atoms with van der Waals surface area (Å²) < 4.78 is 5.66. The standard InChI is InChI=1S/C15H21NO2/c1-10-5-11(2)7-14(6-10)15(17)16-8-12(3)18-13(4)9-16/h5-7,12-13H,8-9H2,1-4H3/t12-,13+. The predicted molar refractivity (Wildman–Crippen MR) is 71.8 cm³/mol. The summed E-state index contributed by atoms with van der Waals surface area (Å²) in [5.74, 6) is 0.115. The van der Waals surface area contributed by atoms with Crippen molar-refractivity contribution in [3.8, 4) is 0 Å². The Morgan fingerprint density at radius 3 is 2.11 bits per heavy atom. The third kappa shape index (κ3) is 2.91. The van der Waals surface area contributed by atoms with Gasteiger partial charge in [0.15, 0.2) is 0 Å². The largest absolute Gasteiger partial charge is 0.372 e. The zero-order chi connectivity index (χ0) is 13.3. The average molecular weight is 247 g/mol. The normalized spacial score (nSPS) is 24.1. The lowest BCUT2D eigenvalue weighted by molar-refractivity contribution is -0.0586. The van der Waals surface area contributed by atoms with Crippen LogP contribution in [0.2, 0.25) is 0 Å². The van der Waals surface area contributed by atoms with Crippen molar-refractivity contribution in [2.24, 2.45) is 0 Å². The van der Waals surface area contributed by atoms with E-state index in [1.807, 2.05) is 44.7 Å². The Kier molecular flexibility index (Phi) is 3.71. The molecule has 1 amide bonds. The van der Waals surface area contributed by atoms with Crippen LogP contribution < -0.4 is 0 Å². The van der Waals surface area contributed by atoms with Gasteiger partial charge < -0.3 is 9.64 Å². The molecular weight excluding hydrogens is 226 g/mol. The van der Waals surface area contributed by atoms with E-state index in [2.05, 4.69) is 6.07 Å². The summed E-state index contributed by atoms with van der Waals surface area (Å²) in [7, 11) is 0. The van der Waals surface area contributed by atoms with Gasteiger partial charge in [0.1, 0.15) is 0 Å². The number of carbonyl (C=O) groups excluding carboxylic acids is 1. The summed E-state index contributed by atoms with van der Waals surface area (Å²) in [6.45, 7) is 9.42. The van der Waals surface area contributed by atoms with Crippen LogP contribution in [0.5, 0.6) is 0 Å². The van der Waals surface area contributed by atoms with Gasteiger partial charge in [0.05, 0.1) is 12.2 Å². The van der Waals surface area contributed by atoms with E-state index in [1.54, 1.807) is 0 Å². The minimum absolute atomic E-state index is 0.114. The molecule has 1 aromatic rings. The number of morpholine rings is 1. The molecule has 98 valence electrons. The molecule has 0 spiro atoms. The highest BCUT2D eigenvalue weighted by Crippen LogP contribution is 2.16. The highest BCUT2D eigenvalue weighted by atomic mass is 16.5. The van der Waals surface area contributed by atoms with Crippen molar-refractivity contribution in [3.63, 3.8) is 0 Å². The second-order valence-corrected chi connectivity index (χ2v) is 5.34. The number of ether oxygens (including phenoxy) is 1. The van der Waals surface area contributed by atoms with E-state index in [0.717, 1.165) is 16.7 Å². The molecule has 0 unspecified atom stereocenters. The van der Waals surface area contributed by atoms with Crippen LogP contribution >= 0.6 is 0 Å². The Balaban J connectivity index is 2.20. The van der Waals surface area contributed by atoms with Crippen LogP contribution in [0.25, 0.3) is 0 Å². The fourth-order valence-electron chi connectivity index (χ4n) is 2.62.